The van der Waals surface area contributed by atoms with E-state index >= 15 is 0 Å². The van der Waals surface area contributed by atoms with Crippen LogP contribution in [0.2, 0.25) is 0 Å². The molecule has 0 saturated carbocycles. The normalized spacial score (nSPS) is 11.0. The molecule has 0 amide bonds. The molecule has 3 heterocycles. The number of halogens is 1. The van der Waals surface area contributed by atoms with Crippen LogP contribution in [0.25, 0.3) is 39.4 Å². The summed E-state index contributed by atoms with van der Waals surface area (Å²) in [7, 11) is 0. The van der Waals surface area contributed by atoms with E-state index in [-0.39, 0.29) is 12.6 Å². The van der Waals surface area contributed by atoms with E-state index in [0.717, 1.165) is 27.8 Å². The van der Waals surface area contributed by atoms with Gasteiger partial charge in [0.25, 0.3) is 0 Å². The van der Waals surface area contributed by atoms with Crippen LogP contribution < -0.4 is 5.73 Å². The van der Waals surface area contributed by atoms with Crippen LogP contribution in [0.3, 0.4) is 0 Å². The van der Waals surface area contributed by atoms with Gasteiger partial charge in [-0.05, 0) is 54.1 Å². The lowest BCUT2D eigenvalue weighted by atomic mass is 10.1. The van der Waals surface area contributed by atoms with Crippen molar-refractivity contribution in [2.24, 2.45) is 0 Å². The molecule has 2 aromatic carbocycles. The van der Waals surface area contributed by atoms with Gasteiger partial charge in [-0.25, -0.2) is 14.4 Å². The minimum absolute atomic E-state index is 0.198. The van der Waals surface area contributed by atoms with Gasteiger partial charge in [0.1, 0.15) is 24.1 Å². The number of nitrogen functional groups attached to an aromatic ring is 1. The van der Waals surface area contributed by atoms with E-state index in [4.69, 9.17) is 15.5 Å². The zero-order valence-electron chi connectivity index (χ0n) is 18.3. The summed E-state index contributed by atoms with van der Waals surface area (Å²) in [5.41, 5.74) is 11.7. The Morgan fingerprint density at radius 3 is 2.59 bits per heavy atom. The molecule has 0 saturated heterocycles. The van der Waals surface area contributed by atoms with Gasteiger partial charge in [-0.3, -0.25) is 14.3 Å². The first kappa shape index (κ1) is 21.3. The summed E-state index contributed by atoms with van der Waals surface area (Å²) >= 11 is 0. The molecule has 0 aliphatic carbocycles. The lowest BCUT2D eigenvalue weighted by molar-refractivity contribution is -0.142. The molecule has 0 aliphatic rings. The molecule has 5 aromatic rings. The van der Waals surface area contributed by atoms with Crippen LogP contribution in [0.1, 0.15) is 12.5 Å². The Labute approximate surface area is 194 Å². The second kappa shape index (κ2) is 8.74. The van der Waals surface area contributed by atoms with E-state index < -0.39 is 5.82 Å². The molecule has 0 bridgehead atoms. The van der Waals surface area contributed by atoms with Gasteiger partial charge in [-0.1, -0.05) is 18.2 Å². The van der Waals surface area contributed by atoms with E-state index in [1.807, 2.05) is 59.2 Å². The predicted molar refractivity (Wildman–Crippen MR) is 127 cm³/mol. The number of hydrogen-bond donors (Lipinski definition) is 1. The third-order valence-corrected chi connectivity index (χ3v) is 5.39. The third kappa shape index (κ3) is 4.09. The SMILES string of the molecule is CC(=O)OCc1ccc(-n2c(-c3cccnc3N)nc3ccc(-c4ccc(F)cn4)cc32)cc1. The van der Waals surface area contributed by atoms with E-state index in [2.05, 4.69) is 9.97 Å². The average molecular weight is 453 g/mol. The van der Waals surface area contributed by atoms with Crippen LogP contribution in [-0.4, -0.2) is 25.5 Å². The smallest absolute Gasteiger partial charge is 0.302 e. The molecule has 168 valence electrons. The third-order valence-electron chi connectivity index (χ3n) is 5.39. The fourth-order valence-electron chi connectivity index (χ4n) is 3.76. The molecule has 5 rings (SSSR count). The van der Waals surface area contributed by atoms with Crippen LogP contribution >= 0.6 is 0 Å². The first-order chi connectivity index (χ1) is 16.5. The molecule has 0 spiro atoms. The van der Waals surface area contributed by atoms with E-state index in [9.17, 15) is 9.18 Å². The molecule has 0 atom stereocenters. The summed E-state index contributed by atoms with van der Waals surface area (Å²) in [5.74, 6) is 0.280. The Morgan fingerprint density at radius 1 is 1.06 bits per heavy atom. The van der Waals surface area contributed by atoms with Crippen LogP contribution in [0, 0.1) is 5.82 Å². The monoisotopic (exact) mass is 453 g/mol. The summed E-state index contributed by atoms with van der Waals surface area (Å²) in [6.45, 7) is 1.58. The Balaban J connectivity index is 1.68. The summed E-state index contributed by atoms with van der Waals surface area (Å²) in [4.78, 5) is 24.4. The fraction of sp³-hybridized carbons (Fsp3) is 0.0769. The van der Waals surface area contributed by atoms with Crippen molar-refractivity contribution < 1.29 is 13.9 Å². The zero-order valence-corrected chi connectivity index (χ0v) is 18.3. The molecule has 3 aromatic heterocycles. The lowest BCUT2D eigenvalue weighted by Gasteiger charge is -2.12. The number of rotatable bonds is 5. The number of esters is 1. The number of imidazole rings is 1. The fourth-order valence-corrected chi connectivity index (χ4v) is 3.76. The summed E-state index contributed by atoms with van der Waals surface area (Å²) in [6.07, 6.45) is 2.83. The number of carbonyl (C=O) groups excluding carboxylic acids is 1. The van der Waals surface area contributed by atoms with Crippen LogP contribution in [0.5, 0.6) is 0 Å². The van der Waals surface area contributed by atoms with Crippen molar-refractivity contribution in [3.05, 3.63) is 90.5 Å². The number of benzene rings is 2. The quantitative estimate of drug-likeness (QED) is 0.379. The molecule has 0 aliphatic heterocycles. The number of nitrogens with two attached hydrogens (primary N) is 1. The van der Waals surface area contributed by atoms with Gasteiger partial charge in [-0.15, -0.1) is 0 Å². The molecule has 2 N–H and O–H groups in total. The lowest BCUT2D eigenvalue weighted by Crippen LogP contribution is -2.02. The number of fused-ring (bicyclic) bond motifs is 1. The summed E-state index contributed by atoms with van der Waals surface area (Å²) in [5, 5.41) is 0. The van der Waals surface area contributed by atoms with Gasteiger partial charge in [0.15, 0.2) is 0 Å². The highest BCUT2D eigenvalue weighted by molar-refractivity contribution is 5.88. The first-order valence-corrected chi connectivity index (χ1v) is 10.6. The van der Waals surface area contributed by atoms with Crippen molar-refractivity contribution in [3.63, 3.8) is 0 Å². The van der Waals surface area contributed by atoms with E-state index in [1.54, 1.807) is 12.3 Å². The Kier molecular flexibility index (Phi) is 5.47. The highest BCUT2D eigenvalue weighted by atomic mass is 19.1. The number of ether oxygens (including phenoxy) is 1. The van der Waals surface area contributed by atoms with Crippen LogP contribution in [0.15, 0.2) is 79.1 Å². The maximum atomic E-state index is 13.4. The largest absolute Gasteiger partial charge is 0.461 e. The van der Waals surface area contributed by atoms with Crippen molar-refractivity contribution in [1.82, 2.24) is 19.5 Å². The van der Waals surface area contributed by atoms with Crippen molar-refractivity contribution in [2.75, 3.05) is 5.73 Å². The highest BCUT2D eigenvalue weighted by Crippen LogP contribution is 2.33. The second-order valence-corrected chi connectivity index (χ2v) is 7.72. The molecule has 0 fully saturated rings. The predicted octanol–water partition coefficient (Wildman–Crippen LogP) is 4.93. The Bertz CT molecular complexity index is 1490. The molecule has 8 heteroatoms. The molecule has 0 unspecified atom stereocenters. The first-order valence-electron chi connectivity index (χ1n) is 10.6. The molecular weight excluding hydrogens is 433 g/mol. The van der Waals surface area contributed by atoms with Gasteiger partial charge in [0.05, 0.1) is 28.5 Å². The number of carbonyl (C=O) groups is 1. The topological polar surface area (TPSA) is 95.9 Å². The number of pyridine rings is 2. The minimum atomic E-state index is -0.391. The van der Waals surface area contributed by atoms with Gasteiger partial charge in [0, 0.05) is 24.4 Å². The van der Waals surface area contributed by atoms with Crippen molar-refractivity contribution in [2.45, 2.75) is 13.5 Å². The second-order valence-electron chi connectivity index (χ2n) is 7.72. The van der Waals surface area contributed by atoms with Gasteiger partial charge >= 0.3 is 5.97 Å². The molecule has 7 nitrogen and oxygen atoms in total. The number of aromatic nitrogens is 4. The Morgan fingerprint density at radius 2 is 1.88 bits per heavy atom. The average Bonchev–Trinajstić information content (AvgIpc) is 3.22. The van der Waals surface area contributed by atoms with Crippen molar-refractivity contribution in [3.8, 4) is 28.3 Å². The van der Waals surface area contributed by atoms with Crippen LogP contribution in [-0.2, 0) is 16.1 Å². The number of nitrogens with zero attached hydrogens (tertiary/aromatic N) is 4. The highest BCUT2D eigenvalue weighted by Gasteiger charge is 2.18. The van der Waals surface area contributed by atoms with Gasteiger partial charge < -0.3 is 10.5 Å². The summed E-state index contributed by atoms with van der Waals surface area (Å²) in [6, 6.07) is 20.1. The maximum Gasteiger partial charge on any atom is 0.302 e. The number of hydrogen-bond acceptors (Lipinski definition) is 6. The van der Waals surface area contributed by atoms with Crippen molar-refractivity contribution in [1.29, 1.82) is 0 Å². The zero-order chi connectivity index (χ0) is 23.7. The Hall–Kier alpha value is -4.59. The summed E-state index contributed by atoms with van der Waals surface area (Å²) < 4.78 is 20.5. The van der Waals surface area contributed by atoms with Gasteiger partial charge in [0.2, 0.25) is 0 Å². The van der Waals surface area contributed by atoms with E-state index in [0.29, 0.717) is 22.9 Å². The molecular formula is C26H20FN5O2. The van der Waals surface area contributed by atoms with Gasteiger partial charge in [-0.2, -0.15) is 0 Å². The number of anilines is 1. The molecule has 0 radical (unpaired) electrons. The standard InChI is InChI=1S/C26H20FN5O2/c1-16(33)34-15-17-4-8-20(9-5-17)32-24-13-18(22-11-7-19(27)14-30-22)6-10-23(24)31-26(32)21-3-2-12-29-25(21)28/h2-14H,15H2,1H3,(H2,28,29). The van der Waals surface area contributed by atoms with Crippen molar-refractivity contribution >= 4 is 22.8 Å². The minimum Gasteiger partial charge on any atom is -0.461 e. The van der Waals surface area contributed by atoms with Crippen LogP contribution in [0.4, 0.5) is 10.2 Å². The maximum absolute atomic E-state index is 13.4. The van der Waals surface area contributed by atoms with E-state index in [1.165, 1.54) is 19.2 Å². The molecule has 34 heavy (non-hydrogen) atoms.